The summed E-state index contributed by atoms with van der Waals surface area (Å²) < 4.78 is 26.3. The van der Waals surface area contributed by atoms with Crippen LogP contribution in [0.4, 0.5) is 11.4 Å². The number of nitrogens with two attached hydrogens (primary N) is 1. The number of nitrogens with one attached hydrogen (secondary N) is 1. The Balaban J connectivity index is 2.38. The zero-order chi connectivity index (χ0) is 15.5. The van der Waals surface area contributed by atoms with Gasteiger partial charge in [0.05, 0.1) is 16.3 Å². The maximum atomic E-state index is 12.0. The molecule has 1 aromatic rings. The van der Waals surface area contributed by atoms with Gasteiger partial charge in [0, 0.05) is 12.6 Å². The van der Waals surface area contributed by atoms with Gasteiger partial charge in [-0.05, 0) is 45.0 Å². The van der Waals surface area contributed by atoms with E-state index in [9.17, 15) is 8.42 Å². The van der Waals surface area contributed by atoms with E-state index in [1.54, 1.807) is 18.2 Å². The summed E-state index contributed by atoms with van der Waals surface area (Å²) in [5, 5.41) is 0. The molecule has 1 aliphatic carbocycles. The third-order valence-corrected chi connectivity index (χ3v) is 5.66. The van der Waals surface area contributed by atoms with Crippen molar-refractivity contribution >= 4 is 21.4 Å². The van der Waals surface area contributed by atoms with Gasteiger partial charge in [0.25, 0.3) is 0 Å². The Labute approximate surface area is 127 Å². The number of sulfonamides is 1. The van der Waals surface area contributed by atoms with E-state index in [4.69, 9.17) is 5.73 Å². The molecule has 2 rings (SSSR count). The fourth-order valence-corrected chi connectivity index (χ4v) is 3.82. The number of hydrogen-bond acceptors (Lipinski definition) is 4. The largest absolute Gasteiger partial charge is 0.397 e. The topological polar surface area (TPSA) is 75.4 Å². The molecule has 0 spiro atoms. The molecule has 6 heteroatoms. The Morgan fingerprint density at radius 3 is 2.52 bits per heavy atom. The first-order valence-corrected chi connectivity index (χ1v) is 9.07. The average Bonchev–Trinajstić information content (AvgIpc) is 2.50. The minimum absolute atomic E-state index is 0.267. The first-order valence-electron chi connectivity index (χ1n) is 7.59. The first kappa shape index (κ1) is 16.1. The summed E-state index contributed by atoms with van der Waals surface area (Å²) in [6, 6.07) is 5.39. The van der Waals surface area contributed by atoms with Crippen LogP contribution in [0.3, 0.4) is 0 Å². The van der Waals surface area contributed by atoms with Crippen molar-refractivity contribution in [3.05, 3.63) is 18.2 Å². The quantitative estimate of drug-likeness (QED) is 0.818. The summed E-state index contributed by atoms with van der Waals surface area (Å²) in [6.07, 6.45) is 6.05. The minimum Gasteiger partial charge on any atom is -0.397 e. The van der Waals surface area contributed by atoms with E-state index in [0.29, 0.717) is 11.7 Å². The fraction of sp³-hybridized carbons (Fsp3) is 0.600. The van der Waals surface area contributed by atoms with Gasteiger partial charge in [0.1, 0.15) is 0 Å². The van der Waals surface area contributed by atoms with Crippen LogP contribution in [-0.2, 0) is 10.0 Å². The van der Waals surface area contributed by atoms with Crippen molar-refractivity contribution in [1.82, 2.24) is 4.72 Å². The van der Waals surface area contributed by atoms with E-state index in [0.717, 1.165) is 25.1 Å². The number of rotatable bonds is 5. The van der Waals surface area contributed by atoms with Crippen molar-refractivity contribution in [2.75, 3.05) is 24.2 Å². The molecule has 1 aromatic carbocycles. The predicted octanol–water partition coefficient (Wildman–Crippen LogP) is 2.34. The molecule has 5 nitrogen and oxygen atoms in total. The fourth-order valence-electron chi connectivity index (χ4n) is 3.08. The van der Waals surface area contributed by atoms with Gasteiger partial charge in [-0.25, -0.2) is 13.1 Å². The van der Waals surface area contributed by atoms with E-state index in [1.807, 2.05) is 0 Å². The molecule has 0 amide bonds. The number of benzene rings is 1. The van der Waals surface area contributed by atoms with Gasteiger partial charge in [-0.3, -0.25) is 0 Å². The van der Waals surface area contributed by atoms with Gasteiger partial charge in [-0.1, -0.05) is 19.3 Å². The molecule has 0 saturated heterocycles. The summed E-state index contributed by atoms with van der Waals surface area (Å²) in [5.41, 5.74) is 7.57. The Hall–Kier alpha value is -1.27. The van der Waals surface area contributed by atoms with Crippen LogP contribution in [0.1, 0.15) is 39.0 Å². The second-order valence-electron chi connectivity index (χ2n) is 5.51. The first-order chi connectivity index (χ1) is 9.99. The predicted molar refractivity (Wildman–Crippen MR) is 87.0 cm³/mol. The van der Waals surface area contributed by atoms with Crippen LogP contribution >= 0.6 is 0 Å². The third kappa shape index (κ3) is 3.49. The number of nitrogens with zero attached hydrogens (tertiary/aromatic N) is 1. The molecule has 0 atom stereocenters. The monoisotopic (exact) mass is 311 g/mol. The van der Waals surface area contributed by atoms with E-state index < -0.39 is 10.0 Å². The Morgan fingerprint density at radius 1 is 1.29 bits per heavy atom. The molecule has 0 radical (unpaired) electrons. The third-order valence-electron chi connectivity index (χ3n) is 4.25. The molecule has 0 unspecified atom stereocenters. The van der Waals surface area contributed by atoms with Gasteiger partial charge < -0.3 is 10.6 Å². The van der Waals surface area contributed by atoms with E-state index in [1.165, 1.54) is 26.3 Å². The molecule has 118 valence electrons. The van der Waals surface area contributed by atoms with Crippen molar-refractivity contribution in [2.45, 2.75) is 50.0 Å². The van der Waals surface area contributed by atoms with Crippen LogP contribution in [0.5, 0.6) is 0 Å². The average molecular weight is 311 g/mol. The highest BCUT2D eigenvalue weighted by molar-refractivity contribution is 7.89. The molecule has 1 saturated carbocycles. The van der Waals surface area contributed by atoms with Crippen LogP contribution in [-0.4, -0.2) is 28.1 Å². The van der Waals surface area contributed by atoms with Crippen LogP contribution in [0, 0.1) is 0 Å². The van der Waals surface area contributed by atoms with Gasteiger partial charge in [0.2, 0.25) is 10.0 Å². The van der Waals surface area contributed by atoms with Crippen LogP contribution < -0.4 is 15.4 Å². The second kappa shape index (κ2) is 6.66. The molecule has 1 fully saturated rings. The normalized spacial score (nSPS) is 16.9. The van der Waals surface area contributed by atoms with Crippen molar-refractivity contribution in [2.24, 2.45) is 0 Å². The van der Waals surface area contributed by atoms with Crippen molar-refractivity contribution in [1.29, 1.82) is 0 Å². The van der Waals surface area contributed by atoms with E-state index >= 15 is 0 Å². The smallest absolute Gasteiger partial charge is 0.240 e. The number of nitrogen functional groups attached to an aromatic ring is 1. The molecule has 0 bridgehead atoms. The van der Waals surface area contributed by atoms with Crippen LogP contribution in [0.15, 0.2) is 23.1 Å². The lowest BCUT2D eigenvalue weighted by Crippen LogP contribution is -2.37. The maximum Gasteiger partial charge on any atom is 0.240 e. The van der Waals surface area contributed by atoms with Gasteiger partial charge in [-0.15, -0.1) is 0 Å². The summed E-state index contributed by atoms with van der Waals surface area (Å²) in [4.78, 5) is 2.52. The van der Waals surface area contributed by atoms with Crippen LogP contribution in [0.2, 0.25) is 0 Å². The highest BCUT2D eigenvalue weighted by atomic mass is 32.2. The van der Waals surface area contributed by atoms with Gasteiger partial charge in [0.15, 0.2) is 0 Å². The van der Waals surface area contributed by atoms with E-state index in [-0.39, 0.29) is 4.90 Å². The van der Waals surface area contributed by atoms with Crippen molar-refractivity contribution in [3.8, 4) is 0 Å². The lowest BCUT2D eigenvalue weighted by atomic mass is 9.93. The standard InChI is InChI=1S/C15H25N3O2S/c1-3-18(12-7-5-4-6-8-12)15-11-13(9-10-14(15)16)21(19,20)17-2/h9-12,17H,3-8,16H2,1-2H3. The minimum atomic E-state index is -3.44. The van der Waals surface area contributed by atoms with Crippen LogP contribution in [0.25, 0.3) is 0 Å². The van der Waals surface area contributed by atoms with Crippen molar-refractivity contribution < 1.29 is 8.42 Å². The molecule has 0 aromatic heterocycles. The molecule has 1 aliphatic rings. The molecule has 21 heavy (non-hydrogen) atoms. The lowest BCUT2D eigenvalue weighted by Gasteiger charge is -2.36. The molecular weight excluding hydrogens is 286 g/mol. The lowest BCUT2D eigenvalue weighted by molar-refractivity contribution is 0.418. The molecule has 0 heterocycles. The van der Waals surface area contributed by atoms with Gasteiger partial charge in [-0.2, -0.15) is 0 Å². The summed E-state index contributed by atoms with van der Waals surface area (Å²) >= 11 is 0. The van der Waals surface area contributed by atoms with E-state index in [2.05, 4.69) is 16.5 Å². The second-order valence-corrected chi connectivity index (χ2v) is 7.39. The Kier molecular flexibility index (Phi) is 5.11. The zero-order valence-corrected chi connectivity index (χ0v) is 13.6. The highest BCUT2D eigenvalue weighted by Crippen LogP contribution is 2.32. The molecular formula is C15H25N3O2S. The van der Waals surface area contributed by atoms with Crippen molar-refractivity contribution in [3.63, 3.8) is 0 Å². The summed E-state index contributed by atoms with van der Waals surface area (Å²) in [7, 11) is -2.02. The van der Waals surface area contributed by atoms with Gasteiger partial charge >= 0.3 is 0 Å². The zero-order valence-electron chi connectivity index (χ0n) is 12.8. The Bertz CT molecular complexity index is 581. The molecule has 3 N–H and O–H groups in total. The summed E-state index contributed by atoms with van der Waals surface area (Å²) in [5.74, 6) is 0. The highest BCUT2D eigenvalue weighted by Gasteiger charge is 2.23. The SMILES string of the molecule is CCN(c1cc(S(=O)(=O)NC)ccc1N)C1CCCCC1. The summed E-state index contributed by atoms with van der Waals surface area (Å²) in [6.45, 7) is 2.92. The molecule has 0 aliphatic heterocycles. The maximum absolute atomic E-state index is 12.0. The number of anilines is 2. The number of hydrogen-bond donors (Lipinski definition) is 2. The Morgan fingerprint density at radius 2 is 1.95 bits per heavy atom.